The van der Waals surface area contributed by atoms with Gasteiger partial charge in [0.2, 0.25) is 0 Å². The standard InChI is InChI=1S/C17H15FN2O/c1-17(2)8-15-11(16(21)9-17)6-7-20(15)14-5-3-4-13(18)12(14)10-19/h3-7H,8-9H2,1-2H3. The van der Waals surface area contributed by atoms with E-state index in [-0.39, 0.29) is 16.8 Å². The predicted molar refractivity (Wildman–Crippen MR) is 76.9 cm³/mol. The van der Waals surface area contributed by atoms with Gasteiger partial charge >= 0.3 is 0 Å². The van der Waals surface area contributed by atoms with Crippen molar-refractivity contribution < 1.29 is 9.18 Å². The van der Waals surface area contributed by atoms with Crippen molar-refractivity contribution in [3.05, 3.63) is 53.1 Å². The van der Waals surface area contributed by atoms with E-state index in [2.05, 4.69) is 0 Å². The van der Waals surface area contributed by atoms with Crippen molar-refractivity contribution in [2.75, 3.05) is 0 Å². The van der Waals surface area contributed by atoms with Crippen LogP contribution in [0, 0.1) is 22.6 Å². The van der Waals surface area contributed by atoms with Crippen molar-refractivity contribution in [1.82, 2.24) is 4.57 Å². The van der Waals surface area contributed by atoms with Gasteiger partial charge in [-0.2, -0.15) is 5.26 Å². The number of nitriles is 1. The summed E-state index contributed by atoms with van der Waals surface area (Å²) in [5, 5.41) is 9.19. The van der Waals surface area contributed by atoms with Gasteiger partial charge in [-0.05, 0) is 30.0 Å². The second-order valence-electron chi connectivity index (χ2n) is 6.23. The van der Waals surface area contributed by atoms with E-state index in [0.717, 1.165) is 12.1 Å². The van der Waals surface area contributed by atoms with Gasteiger partial charge in [-0.3, -0.25) is 4.79 Å². The highest BCUT2D eigenvalue weighted by Crippen LogP contribution is 2.36. The minimum Gasteiger partial charge on any atom is -0.319 e. The Balaban J connectivity index is 2.22. The Morgan fingerprint density at radius 1 is 1.29 bits per heavy atom. The largest absolute Gasteiger partial charge is 0.319 e. The molecule has 3 nitrogen and oxygen atoms in total. The number of halogens is 1. The maximum absolute atomic E-state index is 13.8. The molecule has 0 atom stereocenters. The summed E-state index contributed by atoms with van der Waals surface area (Å²) in [6.45, 7) is 4.09. The Kier molecular flexibility index (Phi) is 2.94. The van der Waals surface area contributed by atoms with Crippen LogP contribution in [0.2, 0.25) is 0 Å². The Morgan fingerprint density at radius 3 is 2.76 bits per heavy atom. The summed E-state index contributed by atoms with van der Waals surface area (Å²) in [6.07, 6.45) is 2.99. The lowest BCUT2D eigenvalue weighted by atomic mass is 9.76. The first-order chi connectivity index (χ1) is 9.93. The Labute approximate surface area is 122 Å². The van der Waals surface area contributed by atoms with Crippen LogP contribution >= 0.6 is 0 Å². The van der Waals surface area contributed by atoms with Crippen LogP contribution in [0.4, 0.5) is 4.39 Å². The van der Waals surface area contributed by atoms with Crippen LogP contribution in [0.3, 0.4) is 0 Å². The lowest BCUT2D eigenvalue weighted by molar-refractivity contribution is 0.0911. The lowest BCUT2D eigenvalue weighted by Gasteiger charge is -2.29. The summed E-state index contributed by atoms with van der Waals surface area (Å²) in [7, 11) is 0. The Bertz CT molecular complexity index is 781. The normalized spacial score (nSPS) is 16.4. The van der Waals surface area contributed by atoms with E-state index in [0.29, 0.717) is 17.7 Å². The maximum Gasteiger partial charge on any atom is 0.165 e. The number of Topliss-reactive ketones (excluding diaryl/α,β-unsaturated/α-hetero) is 1. The molecule has 3 rings (SSSR count). The smallest absolute Gasteiger partial charge is 0.165 e. The summed E-state index contributed by atoms with van der Waals surface area (Å²) in [6, 6.07) is 8.22. The molecule has 2 aromatic rings. The van der Waals surface area contributed by atoms with E-state index in [1.165, 1.54) is 6.07 Å². The Morgan fingerprint density at radius 2 is 2.05 bits per heavy atom. The molecule has 1 aromatic heterocycles. The SMILES string of the molecule is CC1(C)CC(=O)c2ccn(-c3cccc(F)c3C#N)c2C1. The second kappa shape index (κ2) is 4.56. The molecule has 0 fully saturated rings. The number of hydrogen-bond donors (Lipinski definition) is 0. The zero-order chi connectivity index (χ0) is 15.2. The van der Waals surface area contributed by atoms with E-state index < -0.39 is 5.82 Å². The molecule has 0 bridgehead atoms. The third-order valence-electron chi connectivity index (χ3n) is 3.94. The Hall–Kier alpha value is -2.41. The number of carbonyl (C=O) groups excluding carboxylic acids is 1. The highest BCUT2D eigenvalue weighted by atomic mass is 19.1. The van der Waals surface area contributed by atoms with E-state index in [4.69, 9.17) is 0 Å². The molecule has 0 saturated carbocycles. The summed E-state index contributed by atoms with van der Waals surface area (Å²) in [5.74, 6) is -0.436. The molecule has 0 spiro atoms. The first-order valence-electron chi connectivity index (χ1n) is 6.85. The van der Waals surface area contributed by atoms with Crippen LogP contribution in [0.5, 0.6) is 0 Å². The van der Waals surface area contributed by atoms with Crippen LogP contribution < -0.4 is 0 Å². The monoisotopic (exact) mass is 282 g/mol. The van der Waals surface area contributed by atoms with Gasteiger partial charge in [0.05, 0.1) is 5.69 Å². The number of benzene rings is 1. The van der Waals surface area contributed by atoms with Gasteiger partial charge in [0.15, 0.2) is 5.78 Å². The molecule has 4 heteroatoms. The zero-order valence-electron chi connectivity index (χ0n) is 12.0. The predicted octanol–water partition coefficient (Wildman–Crippen LogP) is 3.64. The van der Waals surface area contributed by atoms with E-state index in [1.807, 2.05) is 19.9 Å². The van der Waals surface area contributed by atoms with Crippen LogP contribution in [0.15, 0.2) is 30.5 Å². The van der Waals surface area contributed by atoms with Crippen LogP contribution in [0.1, 0.15) is 41.9 Å². The molecule has 106 valence electrons. The number of aromatic nitrogens is 1. The molecule has 1 aliphatic carbocycles. The molecule has 0 N–H and O–H groups in total. The van der Waals surface area contributed by atoms with Crippen molar-refractivity contribution in [2.45, 2.75) is 26.7 Å². The van der Waals surface area contributed by atoms with Crippen molar-refractivity contribution in [1.29, 1.82) is 5.26 Å². The minimum absolute atomic E-state index is 0.00623. The quantitative estimate of drug-likeness (QED) is 0.801. The highest BCUT2D eigenvalue weighted by molar-refractivity contribution is 5.99. The van der Waals surface area contributed by atoms with Gasteiger partial charge in [0, 0.05) is 23.9 Å². The summed E-state index contributed by atoms with van der Waals surface area (Å²) >= 11 is 0. The first kappa shape index (κ1) is 13.6. The number of rotatable bonds is 1. The van der Waals surface area contributed by atoms with Gasteiger partial charge in [0.1, 0.15) is 17.4 Å². The molecule has 0 unspecified atom stereocenters. The van der Waals surface area contributed by atoms with Crippen LogP contribution in [-0.4, -0.2) is 10.4 Å². The molecule has 1 aliphatic rings. The second-order valence-corrected chi connectivity index (χ2v) is 6.23. The van der Waals surface area contributed by atoms with Crippen molar-refractivity contribution in [3.63, 3.8) is 0 Å². The maximum atomic E-state index is 13.8. The highest BCUT2D eigenvalue weighted by Gasteiger charge is 2.33. The fourth-order valence-corrected chi connectivity index (χ4v) is 2.99. The van der Waals surface area contributed by atoms with E-state index in [1.54, 1.807) is 29.0 Å². The molecular weight excluding hydrogens is 267 g/mol. The summed E-state index contributed by atoms with van der Waals surface area (Å²) < 4.78 is 15.6. The molecule has 0 amide bonds. The molecule has 1 heterocycles. The van der Waals surface area contributed by atoms with E-state index in [9.17, 15) is 14.4 Å². The zero-order valence-corrected chi connectivity index (χ0v) is 12.0. The van der Waals surface area contributed by atoms with Crippen molar-refractivity contribution >= 4 is 5.78 Å². The average Bonchev–Trinajstić information content (AvgIpc) is 2.80. The summed E-state index contributed by atoms with van der Waals surface area (Å²) in [4.78, 5) is 12.2. The van der Waals surface area contributed by atoms with Crippen molar-refractivity contribution in [3.8, 4) is 11.8 Å². The number of fused-ring (bicyclic) bond motifs is 1. The third kappa shape index (κ3) is 2.15. The fraction of sp³-hybridized carbons (Fsp3) is 0.294. The molecule has 0 aliphatic heterocycles. The van der Waals surface area contributed by atoms with Crippen LogP contribution in [-0.2, 0) is 6.42 Å². The summed E-state index contributed by atoms with van der Waals surface area (Å²) in [5.41, 5.74) is 1.91. The molecular formula is C17H15FN2O. The van der Waals surface area contributed by atoms with Gasteiger partial charge in [-0.25, -0.2) is 4.39 Å². The van der Waals surface area contributed by atoms with Crippen molar-refractivity contribution in [2.24, 2.45) is 5.41 Å². The first-order valence-corrected chi connectivity index (χ1v) is 6.85. The molecule has 0 radical (unpaired) electrons. The molecule has 1 aromatic carbocycles. The topological polar surface area (TPSA) is 45.8 Å². The van der Waals surface area contributed by atoms with Gasteiger partial charge < -0.3 is 4.57 Å². The number of ketones is 1. The number of hydrogen-bond acceptors (Lipinski definition) is 2. The minimum atomic E-state index is -0.543. The number of carbonyl (C=O) groups is 1. The lowest BCUT2D eigenvalue weighted by Crippen LogP contribution is -2.27. The number of nitrogens with zero attached hydrogens (tertiary/aromatic N) is 2. The molecule has 21 heavy (non-hydrogen) atoms. The van der Waals surface area contributed by atoms with Gasteiger partial charge in [-0.15, -0.1) is 0 Å². The van der Waals surface area contributed by atoms with Gasteiger partial charge in [0.25, 0.3) is 0 Å². The fourth-order valence-electron chi connectivity index (χ4n) is 2.99. The van der Waals surface area contributed by atoms with E-state index >= 15 is 0 Å². The molecule has 0 saturated heterocycles. The third-order valence-corrected chi connectivity index (χ3v) is 3.94. The van der Waals surface area contributed by atoms with Crippen LogP contribution in [0.25, 0.3) is 5.69 Å². The van der Waals surface area contributed by atoms with Gasteiger partial charge in [-0.1, -0.05) is 19.9 Å². The average molecular weight is 282 g/mol.